The summed E-state index contributed by atoms with van der Waals surface area (Å²) in [6, 6.07) is 4.02. The Balaban J connectivity index is 0.00000108. The lowest BCUT2D eigenvalue weighted by atomic mass is 9.83. The molecule has 3 rings (SSSR count). The minimum absolute atomic E-state index is 0. The van der Waals surface area contributed by atoms with Crippen molar-refractivity contribution in [1.29, 1.82) is 0 Å². The molecule has 92 valence electrons. The molecule has 0 aliphatic carbocycles. The third kappa shape index (κ3) is 1.82. The Morgan fingerprint density at radius 3 is 2.88 bits per heavy atom. The number of carbonyl (C=O) groups is 1. The predicted octanol–water partition coefficient (Wildman–Crippen LogP) is 1.87. The summed E-state index contributed by atoms with van der Waals surface area (Å²) in [5.74, 6) is 0.333. The average molecular weight is 273 g/mol. The molecule has 0 unspecified atom stereocenters. The third-order valence-corrected chi connectivity index (χ3v) is 3.86. The molecule has 1 aromatic carbocycles. The van der Waals surface area contributed by atoms with Crippen LogP contribution in [0.2, 0.25) is 5.02 Å². The molecule has 1 amide bonds. The zero-order chi connectivity index (χ0) is 11.3. The number of hydrogen-bond donors (Lipinski definition) is 2. The SMILES string of the molecule is Cc1ccc(Cl)c2c1[C@H]1CNC[C@@H]1NC2=O.Cl. The second-order valence-electron chi connectivity index (χ2n) is 4.50. The number of carbonyl (C=O) groups excluding carboxylic acids is 1. The molecule has 1 fully saturated rings. The summed E-state index contributed by atoms with van der Waals surface area (Å²) in [5, 5.41) is 6.89. The van der Waals surface area contributed by atoms with Crippen LogP contribution in [-0.4, -0.2) is 25.0 Å². The molecule has 0 radical (unpaired) electrons. The Morgan fingerprint density at radius 1 is 1.35 bits per heavy atom. The number of benzene rings is 1. The Hall–Kier alpha value is -0.770. The lowest BCUT2D eigenvalue weighted by molar-refractivity contribution is 0.0924. The van der Waals surface area contributed by atoms with Crippen molar-refractivity contribution in [1.82, 2.24) is 10.6 Å². The number of hydrogen-bond acceptors (Lipinski definition) is 2. The molecule has 0 spiro atoms. The molecule has 2 aliphatic heterocycles. The van der Waals surface area contributed by atoms with Crippen LogP contribution in [0.25, 0.3) is 0 Å². The summed E-state index contributed by atoms with van der Waals surface area (Å²) in [4.78, 5) is 12.0. The average Bonchev–Trinajstić information content (AvgIpc) is 2.70. The van der Waals surface area contributed by atoms with Crippen LogP contribution in [-0.2, 0) is 0 Å². The smallest absolute Gasteiger partial charge is 0.253 e. The molecule has 2 heterocycles. The second kappa shape index (κ2) is 4.48. The Morgan fingerprint density at radius 2 is 2.12 bits per heavy atom. The Kier molecular flexibility index (Phi) is 3.34. The summed E-state index contributed by atoms with van der Waals surface area (Å²) in [6.07, 6.45) is 0. The van der Waals surface area contributed by atoms with Gasteiger partial charge in [-0.2, -0.15) is 0 Å². The van der Waals surface area contributed by atoms with Gasteiger partial charge in [-0.15, -0.1) is 12.4 Å². The number of amides is 1. The van der Waals surface area contributed by atoms with Crippen LogP contribution < -0.4 is 10.6 Å². The molecule has 0 aromatic heterocycles. The second-order valence-corrected chi connectivity index (χ2v) is 4.90. The maximum Gasteiger partial charge on any atom is 0.253 e. The molecule has 1 aromatic rings. The van der Waals surface area contributed by atoms with E-state index in [1.165, 1.54) is 0 Å². The topological polar surface area (TPSA) is 41.1 Å². The molecule has 17 heavy (non-hydrogen) atoms. The third-order valence-electron chi connectivity index (χ3n) is 3.54. The molecule has 2 aliphatic rings. The Bertz CT molecular complexity index is 476. The molecule has 3 nitrogen and oxygen atoms in total. The zero-order valence-corrected chi connectivity index (χ0v) is 11.0. The molecule has 5 heteroatoms. The van der Waals surface area contributed by atoms with Crippen molar-refractivity contribution in [2.24, 2.45) is 0 Å². The highest BCUT2D eigenvalue weighted by atomic mass is 35.5. The first-order valence-electron chi connectivity index (χ1n) is 5.49. The lowest BCUT2D eigenvalue weighted by Gasteiger charge is -2.30. The van der Waals surface area contributed by atoms with E-state index in [2.05, 4.69) is 10.6 Å². The number of nitrogens with one attached hydrogen (secondary N) is 2. The summed E-state index contributed by atoms with van der Waals surface area (Å²) in [7, 11) is 0. The fraction of sp³-hybridized carbons (Fsp3) is 0.417. The van der Waals surface area contributed by atoms with Crippen molar-refractivity contribution < 1.29 is 4.79 Å². The van der Waals surface area contributed by atoms with Crippen LogP contribution >= 0.6 is 24.0 Å². The summed E-state index contributed by atoms with van der Waals surface area (Å²) in [6.45, 7) is 3.81. The zero-order valence-electron chi connectivity index (χ0n) is 9.42. The first kappa shape index (κ1) is 12.7. The molecule has 0 bridgehead atoms. The monoisotopic (exact) mass is 272 g/mol. The van der Waals surface area contributed by atoms with Crippen LogP contribution in [0.3, 0.4) is 0 Å². The van der Waals surface area contributed by atoms with Crippen LogP contribution in [0.1, 0.15) is 27.4 Å². The van der Waals surface area contributed by atoms with Crippen molar-refractivity contribution in [3.63, 3.8) is 0 Å². The fourth-order valence-corrected chi connectivity index (χ4v) is 3.03. The van der Waals surface area contributed by atoms with E-state index in [0.29, 0.717) is 16.5 Å². The maximum atomic E-state index is 12.0. The fourth-order valence-electron chi connectivity index (χ4n) is 2.78. The van der Waals surface area contributed by atoms with E-state index >= 15 is 0 Å². The van der Waals surface area contributed by atoms with Crippen molar-refractivity contribution >= 4 is 29.9 Å². The largest absolute Gasteiger partial charge is 0.347 e. The highest BCUT2D eigenvalue weighted by Gasteiger charge is 2.38. The molecule has 1 saturated heterocycles. The van der Waals surface area contributed by atoms with Crippen LogP contribution in [0, 0.1) is 6.92 Å². The molecule has 2 atom stereocenters. The van der Waals surface area contributed by atoms with Gasteiger partial charge in [-0.1, -0.05) is 17.7 Å². The van der Waals surface area contributed by atoms with E-state index in [-0.39, 0.29) is 24.4 Å². The van der Waals surface area contributed by atoms with Crippen molar-refractivity contribution in [2.45, 2.75) is 18.9 Å². The number of fused-ring (bicyclic) bond motifs is 3. The quantitative estimate of drug-likeness (QED) is 0.757. The van der Waals surface area contributed by atoms with E-state index < -0.39 is 0 Å². The normalized spacial score (nSPS) is 25.6. The van der Waals surface area contributed by atoms with Gasteiger partial charge >= 0.3 is 0 Å². The van der Waals surface area contributed by atoms with Crippen LogP contribution in [0.5, 0.6) is 0 Å². The van der Waals surface area contributed by atoms with Gasteiger partial charge in [0.1, 0.15) is 0 Å². The summed E-state index contributed by atoms with van der Waals surface area (Å²) >= 11 is 6.12. The van der Waals surface area contributed by atoms with Crippen LogP contribution in [0.15, 0.2) is 12.1 Å². The van der Waals surface area contributed by atoms with Gasteiger partial charge in [0.15, 0.2) is 0 Å². The van der Waals surface area contributed by atoms with Gasteiger partial charge < -0.3 is 10.6 Å². The minimum Gasteiger partial charge on any atom is -0.347 e. The van der Waals surface area contributed by atoms with E-state index in [0.717, 1.165) is 24.2 Å². The molecular formula is C12H14Cl2N2O. The van der Waals surface area contributed by atoms with E-state index in [9.17, 15) is 4.79 Å². The number of rotatable bonds is 0. The van der Waals surface area contributed by atoms with Crippen molar-refractivity contribution in [3.05, 3.63) is 33.8 Å². The van der Waals surface area contributed by atoms with E-state index in [1.807, 2.05) is 13.0 Å². The van der Waals surface area contributed by atoms with Gasteiger partial charge in [0, 0.05) is 25.0 Å². The first-order chi connectivity index (χ1) is 7.68. The van der Waals surface area contributed by atoms with E-state index in [1.54, 1.807) is 6.07 Å². The first-order valence-corrected chi connectivity index (χ1v) is 5.87. The summed E-state index contributed by atoms with van der Waals surface area (Å²) < 4.78 is 0. The van der Waals surface area contributed by atoms with Crippen molar-refractivity contribution in [2.75, 3.05) is 13.1 Å². The lowest BCUT2D eigenvalue weighted by Crippen LogP contribution is -2.44. The van der Waals surface area contributed by atoms with E-state index in [4.69, 9.17) is 11.6 Å². The number of aryl methyl sites for hydroxylation is 1. The van der Waals surface area contributed by atoms with Gasteiger partial charge in [-0.05, 0) is 24.1 Å². The van der Waals surface area contributed by atoms with Crippen molar-refractivity contribution in [3.8, 4) is 0 Å². The van der Waals surface area contributed by atoms with Gasteiger partial charge in [-0.25, -0.2) is 0 Å². The molecule has 0 saturated carbocycles. The minimum atomic E-state index is -0.0337. The molecule has 2 N–H and O–H groups in total. The maximum absolute atomic E-state index is 12.0. The highest BCUT2D eigenvalue weighted by molar-refractivity contribution is 6.34. The van der Waals surface area contributed by atoms with Crippen LogP contribution in [0.4, 0.5) is 0 Å². The van der Waals surface area contributed by atoms with Gasteiger partial charge in [0.05, 0.1) is 10.6 Å². The van der Waals surface area contributed by atoms with Gasteiger partial charge in [0.25, 0.3) is 5.91 Å². The van der Waals surface area contributed by atoms with Gasteiger partial charge in [-0.3, -0.25) is 4.79 Å². The Labute approximate surface area is 111 Å². The predicted molar refractivity (Wildman–Crippen MR) is 70.3 cm³/mol. The summed E-state index contributed by atoms with van der Waals surface area (Å²) in [5.41, 5.74) is 2.96. The highest BCUT2D eigenvalue weighted by Crippen LogP contribution is 2.36. The number of halogens is 2. The standard InChI is InChI=1S/C12H13ClN2O.ClH/c1-6-2-3-8(13)11-10(6)7-4-14-5-9(7)15-12(11)16;/h2-3,7,9,14H,4-5H2,1H3,(H,15,16);1H/t7-,9-;/m0./s1. The molecular weight excluding hydrogens is 259 g/mol. The van der Waals surface area contributed by atoms with Gasteiger partial charge in [0.2, 0.25) is 0 Å².